The van der Waals surface area contributed by atoms with Gasteiger partial charge in [0.05, 0.1) is 18.2 Å². The molecule has 19 heavy (non-hydrogen) atoms. The van der Waals surface area contributed by atoms with Gasteiger partial charge in [0.2, 0.25) is 0 Å². The predicted octanol–water partition coefficient (Wildman–Crippen LogP) is 1.13. The van der Waals surface area contributed by atoms with Gasteiger partial charge in [0.15, 0.2) is 0 Å². The maximum Gasteiger partial charge on any atom is 0.337 e. The van der Waals surface area contributed by atoms with Crippen LogP contribution in [0.3, 0.4) is 0 Å². The van der Waals surface area contributed by atoms with E-state index in [1.165, 1.54) is 22.9 Å². The second-order valence-electron chi connectivity index (χ2n) is 4.08. The fourth-order valence-electron chi connectivity index (χ4n) is 1.90. The first-order chi connectivity index (χ1) is 9.13. The number of aromatic carboxylic acids is 1. The Balaban J connectivity index is 2.52. The largest absolute Gasteiger partial charge is 0.478 e. The molecule has 0 amide bonds. The van der Waals surface area contributed by atoms with Gasteiger partial charge in [-0.3, -0.25) is 4.79 Å². The van der Waals surface area contributed by atoms with Crippen molar-refractivity contribution >= 4 is 5.97 Å². The second-order valence-corrected chi connectivity index (χ2v) is 4.08. The highest BCUT2D eigenvalue weighted by molar-refractivity contribution is 5.87. The number of carbonyl (C=O) groups is 1. The number of hydrogen-bond donors (Lipinski definition) is 2. The molecule has 0 spiro atoms. The lowest BCUT2D eigenvalue weighted by molar-refractivity contribution is 0.0695. The molecule has 0 fully saturated rings. The van der Waals surface area contributed by atoms with E-state index in [-0.39, 0.29) is 17.7 Å². The van der Waals surface area contributed by atoms with Crippen molar-refractivity contribution < 1.29 is 15.0 Å². The van der Waals surface area contributed by atoms with E-state index < -0.39 is 12.0 Å². The van der Waals surface area contributed by atoms with Gasteiger partial charge in [0.25, 0.3) is 5.56 Å². The normalized spacial score (nSPS) is 12.1. The Labute approximate surface area is 109 Å². The molecule has 2 aromatic rings. The van der Waals surface area contributed by atoms with Gasteiger partial charge >= 0.3 is 5.97 Å². The van der Waals surface area contributed by atoms with Crippen molar-refractivity contribution in [3.8, 4) is 0 Å². The van der Waals surface area contributed by atoms with Crippen LogP contribution < -0.4 is 5.56 Å². The third-order valence-corrected chi connectivity index (χ3v) is 2.88. The number of pyridine rings is 1. The third-order valence-electron chi connectivity index (χ3n) is 2.88. The molecule has 0 radical (unpaired) electrons. The zero-order valence-corrected chi connectivity index (χ0v) is 10.1. The smallest absolute Gasteiger partial charge is 0.337 e. The van der Waals surface area contributed by atoms with Gasteiger partial charge < -0.3 is 14.8 Å². The minimum absolute atomic E-state index is 0.00832. The van der Waals surface area contributed by atoms with E-state index in [4.69, 9.17) is 5.11 Å². The van der Waals surface area contributed by atoms with Gasteiger partial charge in [-0.05, 0) is 11.6 Å². The summed E-state index contributed by atoms with van der Waals surface area (Å²) in [7, 11) is 0. The molecule has 0 unspecified atom stereocenters. The van der Waals surface area contributed by atoms with Crippen molar-refractivity contribution in [3.63, 3.8) is 0 Å². The van der Waals surface area contributed by atoms with Crippen LogP contribution in [0.25, 0.3) is 0 Å². The zero-order valence-electron chi connectivity index (χ0n) is 10.1. The fraction of sp³-hybridized carbons (Fsp3) is 0.143. The van der Waals surface area contributed by atoms with Gasteiger partial charge in [-0.25, -0.2) is 4.79 Å². The van der Waals surface area contributed by atoms with E-state index in [0.717, 1.165) is 5.56 Å². The van der Waals surface area contributed by atoms with Crippen molar-refractivity contribution in [1.82, 2.24) is 4.57 Å². The first-order valence-corrected chi connectivity index (χ1v) is 5.75. The van der Waals surface area contributed by atoms with Crippen molar-refractivity contribution in [1.29, 1.82) is 0 Å². The highest BCUT2D eigenvalue weighted by Crippen LogP contribution is 2.16. The van der Waals surface area contributed by atoms with Gasteiger partial charge in [-0.2, -0.15) is 0 Å². The van der Waals surface area contributed by atoms with Crippen molar-refractivity contribution in [2.24, 2.45) is 0 Å². The summed E-state index contributed by atoms with van der Waals surface area (Å²) >= 11 is 0. The van der Waals surface area contributed by atoms with E-state index >= 15 is 0 Å². The summed E-state index contributed by atoms with van der Waals surface area (Å²) in [5, 5.41) is 18.4. The van der Waals surface area contributed by atoms with Crippen LogP contribution in [0.15, 0.2) is 53.5 Å². The van der Waals surface area contributed by atoms with Crippen LogP contribution >= 0.6 is 0 Å². The molecule has 0 bridgehead atoms. The number of carboxylic acids is 1. The van der Waals surface area contributed by atoms with Crippen molar-refractivity contribution in [3.05, 3.63) is 70.1 Å². The molecule has 1 atom stereocenters. The van der Waals surface area contributed by atoms with Gasteiger partial charge in [0, 0.05) is 12.3 Å². The molecule has 2 N–H and O–H groups in total. The van der Waals surface area contributed by atoms with Crippen molar-refractivity contribution in [2.75, 3.05) is 6.61 Å². The van der Waals surface area contributed by atoms with Crippen LogP contribution in [-0.4, -0.2) is 27.4 Å². The predicted molar refractivity (Wildman–Crippen MR) is 69.3 cm³/mol. The topological polar surface area (TPSA) is 79.5 Å². The minimum atomic E-state index is -1.11. The summed E-state index contributed by atoms with van der Waals surface area (Å²) in [6.45, 7) is -0.285. The van der Waals surface area contributed by atoms with Crippen LogP contribution in [0.2, 0.25) is 0 Å². The molecule has 0 aliphatic carbocycles. The Morgan fingerprint density at radius 3 is 2.42 bits per heavy atom. The van der Waals surface area contributed by atoms with Crippen LogP contribution in [-0.2, 0) is 0 Å². The fourth-order valence-corrected chi connectivity index (χ4v) is 1.90. The first kappa shape index (κ1) is 13.0. The first-order valence-electron chi connectivity index (χ1n) is 5.75. The summed E-state index contributed by atoms with van der Waals surface area (Å²) in [4.78, 5) is 22.8. The Morgan fingerprint density at radius 2 is 1.84 bits per heavy atom. The van der Waals surface area contributed by atoms with Crippen molar-refractivity contribution in [2.45, 2.75) is 6.04 Å². The number of rotatable bonds is 4. The molecule has 5 heteroatoms. The van der Waals surface area contributed by atoms with E-state index in [1.807, 2.05) is 6.07 Å². The molecule has 2 rings (SSSR count). The lowest BCUT2D eigenvalue weighted by Crippen LogP contribution is -2.27. The number of aliphatic hydroxyl groups is 1. The molecule has 98 valence electrons. The maximum atomic E-state index is 11.8. The maximum absolute atomic E-state index is 11.8. The molecule has 0 saturated carbocycles. The molecule has 1 aromatic heterocycles. The SMILES string of the molecule is O=C(O)c1ccc(=O)n([C@@H](CO)c2ccccc2)c1. The highest BCUT2D eigenvalue weighted by Gasteiger charge is 2.15. The standard InChI is InChI=1S/C14H13NO4/c16-9-12(10-4-2-1-3-5-10)15-8-11(14(18)19)6-7-13(15)17/h1-8,12,16H,9H2,(H,18,19)/t12-/m0/s1. The van der Waals surface area contributed by atoms with E-state index in [0.29, 0.717) is 0 Å². The monoisotopic (exact) mass is 259 g/mol. The lowest BCUT2D eigenvalue weighted by atomic mass is 10.1. The number of carboxylic acid groups (broad SMARTS) is 1. The number of nitrogens with zero attached hydrogens (tertiary/aromatic N) is 1. The molecule has 1 heterocycles. The number of aliphatic hydroxyl groups excluding tert-OH is 1. The Hall–Kier alpha value is -2.40. The van der Waals surface area contributed by atoms with E-state index in [2.05, 4.69) is 0 Å². The third kappa shape index (κ3) is 2.71. The van der Waals surface area contributed by atoms with Gasteiger partial charge in [-0.15, -0.1) is 0 Å². The highest BCUT2D eigenvalue weighted by atomic mass is 16.4. The van der Waals surface area contributed by atoms with Crippen LogP contribution in [0.4, 0.5) is 0 Å². The second kappa shape index (κ2) is 5.49. The summed E-state index contributed by atoms with van der Waals surface area (Å²) in [5.41, 5.74) is 0.400. The molecule has 0 saturated heterocycles. The summed E-state index contributed by atoms with van der Waals surface area (Å²) in [6, 6.07) is 10.8. The summed E-state index contributed by atoms with van der Waals surface area (Å²) in [6.07, 6.45) is 1.25. The molecule has 5 nitrogen and oxygen atoms in total. The molecule has 1 aromatic carbocycles. The van der Waals surface area contributed by atoms with Crippen LogP contribution in [0.5, 0.6) is 0 Å². The van der Waals surface area contributed by atoms with Crippen LogP contribution in [0, 0.1) is 0 Å². The number of hydrogen-bond acceptors (Lipinski definition) is 3. The quantitative estimate of drug-likeness (QED) is 0.862. The Bertz CT molecular complexity index is 633. The van der Waals surface area contributed by atoms with E-state index in [9.17, 15) is 14.7 Å². The Kier molecular flexibility index (Phi) is 3.77. The number of benzene rings is 1. The van der Waals surface area contributed by atoms with Gasteiger partial charge in [0.1, 0.15) is 0 Å². The molecular formula is C14H13NO4. The average Bonchev–Trinajstić information content (AvgIpc) is 2.42. The molecule has 0 aliphatic heterocycles. The Morgan fingerprint density at radius 1 is 1.16 bits per heavy atom. The number of aromatic nitrogens is 1. The van der Waals surface area contributed by atoms with Crippen LogP contribution in [0.1, 0.15) is 22.0 Å². The summed E-state index contributed by atoms with van der Waals surface area (Å²) in [5.74, 6) is -1.11. The summed E-state index contributed by atoms with van der Waals surface area (Å²) < 4.78 is 1.23. The van der Waals surface area contributed by atoms with E-state index in [1.54, 1.807) is 24.3 Å². The molecular weight excluding hydrogens is 246 g/mol. The molecule has 0 aliphatic rings. The zero-order chi connectivity index (χ0) is 13.8. The van der Waals surface area contributed by atoms with Gasteiger partial charge in [-0.1, -0.05) is 30.3 Å². The lowest BCUT2D eigenvalue weighted by Gasteiger charge is -2.18. The average molecular weight is 259 g/mol. The minimum Gasteiger partial charge on any atom is -0.478 e.